The summed E-state index contributed by atoms with van der Waals surface area (Å²) in [6.07, 6.45) is 5.48. The van der Waals surface area contributed by atoms with Gasteiger partial charge in [-0.2, -0.15) is 0 Å². The van der Waals surface area contributed by atoms with Crippen molar-refractivity contribution in [2.24, 2.45) is 11.8 Å². The molecule has 0 aromatic heterocycles. The summed E-state index contributed by atoms with van der Waals surface area (Å²) >= 11 is 0. The molecule has 108 valence electrons. The van der Waals surface area contributed by atoms with Crippen LogP contribution in [0.1, 0.15) is 39.2 Å². The molecule has 0 saturated carbocycles. The minimum atomic E-state index is -0.0890. The van der Waals surface area contributed by atoms with Crippen LogP contribution in [0.15, 0.2) is 36.4 Å². The second-order valence-corrected chi connectivity index (χ2v) is 5.84. The maximum Gasteiger partial charge on any atom is 0.141 e. The van der Waals surface area contributed by atoms with E-state index in [9.17, 15) is 4.79 Å². The minimum Gasteiger partial charge on any atom is -0.369 e. The van der Waals surface area contributed by atoms with Crippen LogP contribution >= 0.6 is 0 Å². The van der Waals surface area contributed by atoms with E-state index >= 15 is 0 Å². The number of rotatable bonds is 4. The van der Waals surface area contributed by atoms with Gasteiger partial charge in [-0.05, 0) is 17.9 Å². The largest absolute Gasteiger partial charge is 0.369 e. The highest BCUT2D eigenvalue weighted by atomic mass is 16.5. The van der Waals surface area contributed by atoms with Crippen molar-refractivity contribution in [3.63, 3.8) is 0 Å². The average molecular weight is 272 g/mol. The molecule has 0 N–H and O–H groups in total. The molecular formula is C18H24O2. The van der Waals surface area contributed by atoms with Crippen molar-refractivity contribution < 1.29 is 9.53 Å². The van der Waals surface area contributed by atoms with Gasteiger partial charge in [0.25, 0.3) is 0 Å². The molecule has 1 saturated heterocycles. The van der Waals surface area contributed by atoms with Gasteiger partial charge in [-0.1, -0.05) is 63.3 Å². The van der Waals surface area contributed by atoms with Gasteiger partial charge in [-0.15, -0.1) is 0 Å². The third-order valence-electron chi connectivity index (χ3n) is 4.01. The lowest BCUT2D eigenvalue weighted by Crippen LogP contribution is -2.42. The molecule has 2 rings (SSSR count). The zero-order chi connectivity index (χ0) is 14.5. The Balaban J connectivity index is 2.13. The first-order valence-electron chi connectivity index (χ1n) is 7.53. The highest BCUT2D eigenvalue weighted by Crippen LogP contribution is 2.29. The van der Waals surface area contributed by atoms with E-state index in [2.05, 4.69) is 45.1 Å². The van der Waals surface area contributed by atoms with Crippen molar-refractivity contribution in [1.29, 1.82) is 0 Å². The number of hydrogen-bond acceptors (Lipinski definition) is 2. The molecule has 0 bridgehead atoms. The first kappa shape index (κ1) is 15.0. The lowest BCUT2D eigenvalue weighted by molar-refractivity contribution is -0.145. The van der Waals surface area contributed by atoms with E-state index < -0.39 is 0 Å². The molecule has 1 fully saturated rings. The molecule has 0 spiro atoms. The fourth-order valence-corrected chi connectivity index (χ4v) is 2.68. The smallest absolute Gasteiger partial charge is 0.141 e. The van der Waals surface area contributed by atoms with Crippen LogP contribution in [0.3, 0.4) is 0 Å². The highest BCUT2D eigenvalue weighted by molar-refractivity contribution is 5.83. The van der Waals surface area contributed by atoms with E-state index in [-0.39, 0.29) is 18.1 Å². The van der Waals surface area contributed by atoms with Crippen LogP contribution in [0.5, 0.6) is 0 Å². The first-order chi connectivity index (χ1) is 9.61. The van der Waals surface area contributed by atoms with Crippen LogP contribution in [0.25, 0.3) is 6.08 Å². The van der Waals surface area contributed by atoms with Gasteiger partial charge < -0.3 is 4.74 Å². The van der Waals surface area contributed by atoms with Gasteiger partial charge in [0, 0.05) is 12.3 Å². The molecule has 1 heterocycles. The zero-order valence-corrected chi connectivity index (χ0v) is 12.6. The summed E-state index contributed by atoms with van der Waals surface area (Å²) in [5.41, 5.74) is 1.14. The number of ketones is 1. The summed E-state index contributed by atoms with van der Waals surface area (Å²) in [5.74, 6) is 0.731. The second kappa shape index (κ2) is 6.85. The molecule has 0 aliphatic carbocycles. The van der Waals surface area contributed by atoms with E-state index in [1.54, 1.807) is 0 Å². The fraction of sp³-hybridized carbons (Fsp3) is 0.500. The molecule has 1 aliphatic heterocycles. The van der Waals surface area contributed by atoms with Gasteiger partial charge in [0.2, 0.25) is 0 Å². The SMILES string of the molecule is CC[C@H]1C(=O)C[C@@H](C(C)C)O[C@H]1/C=C/c1ccccc1. The summed E-state index contributed by atoms with van der Waals surface area (Å²) < 4.78 is 6.14. The molecule has 3 atom stereocenters. The second-order valence-electron chi connectivity index (χ2n) is 5.84. The summed E-state index contributed by atoms with van der Waals surface area (Å²) in [6, 6.07) is 10.1. The number of ether oxygens (including phenoxy) is 1. The molecule has 1 aromatic rings. The van der Waals surface area contributed by atoms with E-state index in [0.717, 1.165) is 12.0 Å². The van der Waals surface area contributed by atoms with Crippen molar-refractivity contribution in [3.05, 3.63) is 42.0 Å². The first-order valence-corrected chi connectivity index (χ1v) is 7.53. The Morgan fingerprint density at radius 3 is 2.60 bits per heavy atom. The molecule has 1 aliphatic rings. The zero-order valence-electron chi connectivity index (χ0n) is 12.6. The fourth-order valence-electron chi connectivity index (χ4n) is 2.68. The Morgan fingerprint density at radius 2 is 2.00 bits per heavy atom. The van der Waals surface area contributed by atoms with Gasteiger partial charge in [-0.25, -0.2) is 0 Å². The number of benzene rings is 1. The summed E-state index contributed by atoms with van der Waals surface area (Å²) in [4.78, 5) is 12.2. The quantitative estimate of drug-likeness (QED) is 0.824. The highest BCUT2D eigenvalue weighted by Gasteiger charge is 2.36. The van der Waals surface area contributed by atoms with Gasteiger partial charge in [0.15, 0.2) is 0 Å². The van der Waals surface area contributed by atoms with Crippen LogP contribution in [0.4, 0.5) is 0 Å². The van der Waals surface area contributed by atoms with Crippen molar-refractivity contribution in [3.8, 4) is 0 Å². The minimum absolute atomic E-state index is 0.00459. The van der Waals surface area contributed by atoms with E-state index in [0.29, 0.717) is 18.1 Å². The lowest BCUT2D eigenvalue weighted by Gasteiger charge is -2.35. The Bertz CT molecular complexity index is 462. The van der Waals surface area contributed by atoms with Crippen LogP contribution in [-0.4, -0.2) is 18.0 Å². The van der Waals surface area contributed by atoms with Crippen LogP contribution < -0.4 is 0 Å². The van der Waals surface area contributed by atoms with Crippen molar-refractivity contribution >= 4 is 11.9 Å². The van der Waals surface area contributed by atoms with E-state index in [4.69, 9.17) is 4.74 Å². The Labute approximate surface area is 121 Å². The van der Waals surface area contributed by atoms with Crippen molar-refractivity contribution in [1.82, 2.24) is 0 Å². The van der Waals surface area contributed by atoms with Crippen LogP contribution in [0, 0.1) is 11.8 Å². The van der Waals surface area contributed by atoms with Gasteiger partial charge >= 0.3 is 0 Å². The van der Waals surface area contributed by atoms with E-state index in [1.807, 2.05) is 18.2 Å². The predicted molar refractivity (Wildman–Crippen MR) is 82.4 cm³/mol. The molecule has 2 nitrogen and oxygen atoms in total. The molecule has 2 heteroatoms. The standard InChI is InChI=1S/C18H24O2/c1-4-15-16(19)12-18(13(2)3)20-17(15)11-10-14-8-6-5-7-9-14/h5-11,13,15,17-18H,4,12H2,1-3H3/b11-10+/t15-,17-,18-/m0/s1. The molecule has 0 radical (unpaired) electrons. The number of carbonyl (C=O) groups excluding carboxylic acids is 1. The van der Waals surface area contributed by atoms with Gasteiger partial charge in [0.05, 0.1) is 12.2 Å². The van der Waals surface area contributed by atoms with Crippen LogP contribution in [0.2, 0.25) is 0 Å². The summed E-state index contributed by atoms with van der Waals surface area (Å²) in [5, 5.41) is 0. The maximum absolute atomic E-state index is 12.2. The average Bonchev–Trinajstić information content (AvgIpc) is 2.45. The lowest BCUT2D eigenvalue weighted by atomic mass is 9.85. The summed E-state index contributed by atoms with van der Waals surface area (Å²) in [6.45, 7) is 6.29. The maximum atomic E-state index is 12.2. The monoisotopic (exact) mass is 272 g/mol. The topological polar surface area (TPSA) is 26.3 Å². The van der Waals surface area contributed by atoms with Crippen molar-refractivity contribution in [2.75, 3.05) is 0 Å². The molecule has 0 unspecified atom stereocenters. The predicted octanol–water partition coefficient (Wildman–Crippen LogP) is 4.11. The van der Waals surface area contributed by atoms with Gasteiger partial charge in [0.1, 0.15) is 5.78 Å². The Kier molecular flexibility index (Phi) is 5.13. The number of carbonyl (C=O) groups is 1. The third kappa shape index (κ3) is 3.57. The molecule has 0 amide bonds. The van der Waals surface area contributed by atoms with E-state index in [1.165, 1.54) is 0 Å². The number of hydrogen-bond donors (Lipinski definition) is 0. The molecule has 20 heavy (non-hydrogen) atoms. The van der Waals surface area contributed by atoms with Gasteiger partial charge in [-0.3, -0.25) is 4.79 Å². The Hall–Kier alpha value is -1.41. The molecular weight excluding hydrogens is 248 g/mol. The normalized spacial score (nSPS) is 27.4. The molecule has 1 aromatic carbocycles. The summed E-state index contributed by atoms with van der Waals surface area (Å²) in [7, 11) is 0. The van der Waals surface area contributed by atoms with Crippen molar-refractivity contribution in [2.45, 2.75) is 45.8 Å². The van der Waals surface area contributed by atoms with Crippen LogP contribution in [-0.2, 0) is 9.53 Å². The Morgan fingerprint density at radius 1 is 1.30 bits per heavy atom. The number of Topliss-reactive ketones (excluding diaryl/α,β-unsaturated/α-hetero) is 1. The third-order valence-corrected chi connectivity index (χ3v) is 4.01.